The van der Waals surface area contributed by atoms with Crippen LogP contribution in [0, 0.1) is 0 Å². The number of hydrogen-bond donors (Lipinski definition) is 2. The quantitative estimate of drug-likeness (QED) is 0.753. The highest BCUT2D eigenvalue weighted by Crippen LogP contribution is 1.97. The Labute approximate surface area is 90.9 Å². The van der Waals surface area contributed by atoms with Crippen molar-refractivity contribution in [2.75, 3.05) is 13.1 Å². The first-order valence-corrected chi connectivity index (χ1v) is 5.06. The smallest absolute Gasteiger partial charge is 0.234 e. The zero-order chi connectivity index (χ0) is 11.2. The topological polar surface area (TPSA) is 41.1 Å². The van der Waals surface area contributed by atoms with E-state index in [0.717, 1.165) is 5.57 Å². The second-order valence-corrected chi connectivity index (χ2v) is 4.58. The van der Waals surface area contributed by atoms with Gasteiger partial charge in [0.1, 0.15) is 0 Å². The first-order chi connectivity index (χ1) is 6.35. The molecule has 0 saturated heterocycles. The van der Waals surface area contributed by atoms with Crippen molar-refractivity contribution in [2.45, 2.75) is 33.2 Å². The Kier molecular flexibility index (Phi) is 5.81. The van der Waals surface area contributed by atoms with Crippen LogP contribution in [-0.2, 0) is 4.79 Å². The molecule has 0 rings (SSSR count). The predicted octanol–water partition coefficient (Wildman–Crippen LogP) is 1.63. The minimum Gasteiger partial charge on any atom is -0.350 e. The minimum absolute atomic E-state index is 0.000118. The van der Waals surface area contributed by atoms with Gasteiger partial charge in [0.05, 0.1) is 6.54 Å². The summed E-state index contributed by atoms with van der Waals surface area (Å²) >= 11 is 5.47. The number of halogens is 1. The summed E-state index contributed by atoms with van der Waals surface area (Å²) in [5, 5.41) is 5.85. The van der Waals surface area contributed by atoms with E-state index < -0.39 is 0 Å². The molecule has 0 heterocycles. The zero-order valence-electron chi connectivity index (χ0n) is 9.28. The molecule has 0 fully saturated rings. The van der Waals surface area contributed by atoms with E-state index in [1.807, 2.05) is 27.7 Å². The molecule has 0 saturated carbocycles. The lowest BCUT2D eigenvalue weighted by Gasteiger charge is -2.20. The van der Waals surface area contributed by atoms with E-state index in [4.69, 9.17) is 11.6 Å². The number of carbonyl (C=O) groups excluding carboxylic acids is 1. The molecule has 0 aromatic carbocycles. The van der Waals surface area contributed by atoms with Crippen LogP contribution in [0.3, 0.4) is 0 Å². The van der Waals surface area contributed by atoms with Crippen molar-refractivity contribution in [2.24, 2.45) is 0 Å². The van der Waals surface area contributed by atoms with Gasteiger partial charge in [-0.15, -0.1) is 0 Å². The minimum atomic E-state index is -0.171. The molecule has 0 atom stereocenters. The highest BCUT2D eigenvalue weighted by Gasteiger charge is 2.12. The molecule has 3 nitrogen and oxygen atoms in total. The largest absolute Gasteiger partial charge is 0.350 e. The van der Waals surface area contributed by atoms with Crippen LogP contribution >= 0.6 is 11.6 Å². The van der Waals surface area contributed by atoms with Gasteiger partial charge in [0, 0.05) is 17.6 Å². The third-order valence-corrected chi connectivity index (χ3v) is 1.76. The van der Waals surface area contributed by atoms with Crippen LogP contribution in [0.1, 0.15) is 27.7 Å². The van der Waals surface area contributed by atoms with E-state index in [1.165, 1.54) is 5.54 Å². The van der Waals surface area contributed by atoms with Crippen molar-refractivity contribution in [1.82, 2.24) is 10.6 Å². The van der Waals surface area contributed by atoms with Crippen LogP contribution < -0.4 is 10.6 Å². The molecule has 0 aromatic rings. The SMILES string of the molecule is CC(=CCl)CNCC(=O)NC(C)(C)C. The summed E-state index contributed by atoms with van der Waals surface area (Å²) in [5.41, 5.74) is 2.35. The molecule has 4 heteroatoms. The molecule has 0 aliphatic rings. The lowest BCUT2D eigenvalue weighted by molar-refractivity contribution is -0.121. The van der Waals surface area contributed by atoms with Crippen molar-refractivity contribution in [3.63, 3.8) is 0 Å². The van der Waals surface area contributed by atoms with E-state index >= 15 is 0 Å². The van der Waals surface area contributed by atoms with Gasteiger partial charge < -0.3 is 10.6 Å². The molecule has 0 aliphatic carbocycles. The molecular weight excluding hydrogens is 200 g/mol. The molecule has 1 amide bonds. The fourth-order valence-electron chi connectivity index (χ4n) is 0.874. The Hall–Kier alpha value is -0.540. The van der Waals surface area contributed by atoms with Crippen molar-refractivity contribution in [1.29, 1.82) is 0 Å². The highest BCUT2D eigenvalue weighted by molar-refractivity contribution is 6.25. The van der Waals surface area contributed by atoms with Gasteiger partial charge in [-0.3, -0.25) is 4.79 Å². The molecule has 0 aliphatic heterocycles. The molecule has 14 heavy (non-hydrogen) atoms. The summed E-state index contributed by atoms with van der Waals surface area (Å²) in [6.07, 6.45) is 0. The number of carbonyl (C=O) groups is 1. The molecule has 82 valence electrons. The lowest BCUT2D eigenvalue weighted by atomic mass is 10.1. The number of rotatable bonds is 4. The van der Waals surface area contributed by atoms with E-state index in [1.54, 1.807) is 0 Å². The van der Waals surface area contributed by atoms with Crippen LogP contribution in [0.25, 0.3) is 0 Å². The molecule has 0 aromatic heterocycles. The Morgan fingerprint density at radius 2 is 1.93 bits per heavy atom. The maximum atomic E-state index is 11.3. The summed E-state index contributed by atoms with van der Waals surface area (Å²) in [6.45, 7) is 8.72. The van der Waals surface area contributed by atoms with Gasteiger partial charge in [-0.2, -0.15) is 0 Å². The summed E-state index contributed by atoms with van der Waals surface area (Å²) in [5.74, 6) is -0.000118. The summed E-state index contributed by atoms with van der Waals surface area (Å²) in [7, 11) is 0. The Bertz CT molecular complexity index is 219. The molecule has 0 unspecified atom stereocenters. The van der Waals surface area contributed by atoms with Crippen LogP contribution in [0.4, 0.5) is 0 Å². The van der Waals surface area contributed by atoms with Gasteiger partial charge in [0.15, 0.2) is 0 Å². The standard InChI is InChI=1S/C10H19ClN2O/c1-8(5-11)6-12-7-9(14)13-10(2,3)4/h5,12H,6-7H2,1-4H3,(H,13,14). The predicted molar refractivity (Wildman–Crippen MR) is 60.4 cm³/mol. The average molecular weight is 219 g/mol. The zero-order valence-corrected chi connectivity index (χ0v) is 10.0. The average Bonchev–Trinajstić information content (AvgIpc) is 2.00. The first-order valence-electron chi connectivity index (χ1n) is 4.63. The maximum Gasteiger partial charge on any atom is 0.234 e. The number of hydrogen-bond acceptors (Lipinski definition) is 2. The first kappa shape index (κ1) is 13.5. The van der Waals surface area contributed by atoms with E-state index in [9.17, 15) is 4.79 Å². The van der Waals surface area contributed by atoms with Crippen molar-refractivity contribution >= 4 is 17.5 Å². The summed E-state index contributed by atoms with van der Waals surface area (Å²) in [4.78, 5) is 11.3. The van der Waals surface area contributed by atoms with Gasteiger partial charge in [0.2, 0.25) is 5.91 Å². The van der Waals surface area contributed by atoms with Gasteiger partial charge >= 0.3 is 0 Å². The van der Waals surface area contributed by atoms with Crippen LogP contribution in [0.15, 0.2) is 11.1 Å². The van der Waals surface area contributed by atoms with Crippen molar-refractivity contribution in [3.8, 4) is 0 Å². The van der Waals surface area contributed by atoms with Gasteiger partial charge in [-0.25, -0.2) is 0 Å². The van der Waals surface area contributed by atoms with Crippen LogP contribution in [0.5, 0.6) is 0 Å². The number of nitrogens with one attached hydrogen (secondary N) is 2. The van der Waals surface area contributed by atoms with Crippen LogP contribution in [-0.4, -0.2) is 24.5 Å². The number of amides is 1. The second-order valence-electron chi connectivity index (χ2n) is 4.36. The Morgan fingerprint density at radius 1 is 1.36 bits per heavy atom. The Morgan fingerprint density at radius 3 is 2.36 bits per heavy atom. The van der Waals surface area contributed by atoms with Gasteiger partial charge in [-0.1, -0.05) is 11.6 Å². The lowest BCUT2D eigenvalue weighted by Crippen LogP contribution is -2.45. The summed E-state index contributed by atoms with van der Waals surface area (Å²) in [6, 6.07) is 0. The third-order valence-electron chi connectivity index (χ3n) is 1.39. The fraction of sp³-hybridized carbons (Fsp3) is 0.700. The monoisotopic (exact) mass is 218 g/mol. The molecular formula is C10H19ClN2O. The van der Waals surface area contributed by atoms with Crippen molar-refractivity contribution in [3.05, 3.63) is 11.1 Å². The third kappa shape index (κ3) is 8.08. The van der Waals surface area contributed by atoms with Gasteiger partial charge in [-0.05, 0) is 33.3 Å². The summed E-state index contributed by atoms with van der Waals surface area (Å²) < 4.78 is 0. The van der Waals surface area contributed by atoms with E-state index in [0.29, 0.717) is 13.1 Å². The molecule has 0 radical (unpaired) electrons. The van der Waals surface area contributed by atoms with E-state index in [2.05, 4.69) is 10.6 Å². The second kappa shape index (κ2) is 6.04. The molecule has 0 spiro atoms. The Balaban J connectivity index is 3.66. The van der Waals surface area contributed by atoms with Crippen molar-refractivity contribution < 1.29 is 4.79 Å². The fourth-order valence-corrected chi connectivity index (χ4v) is 0.951. The molecule has 2 N–H and O–H groups in total. The van der Waals surface area contributed by atoms with Crippen LogP contribution in [0.2, 0.25) is 0 Å². The molecule has 0 bridgehead atoms. The van der Waals surface area contributed by atoms with E-state index in [-0.39, 0.29) is 11.4 Å². The normalized spacial score (nSPS) is 12.8. The maximum absolute atomic E-state index is 11.3. The van der Waals surface area contributed by atoms with Gasteiger partial charge in [0.25, 0.3) is 0 Å². The highest BCUT2D eigenvalue weighted by atomic mass is 35.5.